The van der Waals surface area contributed by atoms with Crippen LogP contribution in [0.1, 0.15) is 65.9 Å². The van der Waals surface area contributed by atoms with Gasteiger partial charge in [-0.25, -0.2) is 0 Å². The zero-order valence-electron chi connectivity index (χ0n) is 37.2. The summed E-state index contributed by atoms with van der Waals surface area (Å²) in [6.45, 7) is 7.62. The van der Waals surface area contributed by atoms with Gasteiger partial charge in [-0.1, -0.05) is 39.8 Å². The minimum atomic E-state index is -5.30. The van der Waals surface area contributed by atoms with Crippen LogP contribution in [-0.2, 0) is 49.1 Å². The van der Waals surface area contributed by atoms with E-state index >= 15 is 0 Å². The number of nitrogens with two attached hydrogens (primary N) is 1. The molecule has 2 rings (SSSR count). The van der Waals surface area contributed by atoms with Gasteiger partial charge in [-0.15, -0.1) is 23.2 Å². The van der Waals surface area contributed by atoms with Crippen LogP contribution in [0, 0.1) is 11.8 Å². The predicted molar refractivity (Wildman–Crippen MR) is 244 cm³/mol. The number of nitrogens with one attached hydrogen (secondary N) is 6. The highest BCUT2D eigenvalue weighted by Gasteiger charge is 2.43. The summed E-state index contributed by atoms with van der Waals surface area (Å²) < 4.78 is 22.8. The molecule has 1 aliphatic rings. The average molecular weight is 1000 g/mol. The zero-order valence-corrected chi connectivity index (χ0v) is 40.5. The van der Waals surface area contributed by atoms with E-state index in [0.29, 0.717) is 44.2 Å². The number of benzene rings is 1. The molecule has 1 aliphatic heterocycles. The van der Waals surface area contributed by atoms with E-state index in [-0.39, 0.29) is 31.1 Å². The molecule has 1 aromatic rings. The predicted octanol–water partition coefficient (Wildman–Crippen LogP) is -0.572. The molecule has 1 aromatic carbocycles. The van der Waals surface area contributed by atoms with E-state index in [9.17, 15) is 62.3 Å². The van der Waals surface area contributed by atoms with Crippen LogP contribution in [0.4, 0.5) is 5.69 Å². The molecule has 0 aliphatic carbocycles. The fourth-order valence-corrected chi connectivity index (χ4v) is 9.52. The van der Waals surface area contributed by atoms with Gasteiger partial charge in [0.15, 0.2) is 5.40 Å². The molecule has 1 unspecified atom stereocenters. The molecule has 12 N–H and O–H groups in total. The molecule has 7 amide bonds. The summed E-state index contributed by atoms with van der Waals surface area (Å²) >= 11 is 11.9. The molecular weight excluding hydrogens is 935 g/mol. The molecule has 0 spiro atoms. The maximum atomic E-state index is 13.7. The molecule has 26 heteroatoms. The summed E-state index contributed by atoms with van der Waals surface area (Å²) in [6.07, 6.45) is 1.44. The van der Waals surface area contributed by atoms with Crippen LogP contribution < -0.4 is 42.5 Å². The van der Waals surface area contributed by atoms with E-state index in [1.807, 2.05) is 48.3 Å². The molecular formula is C39H65Cl2N9O13P2. The van der Waals surface area contributed by atoms with Gasteiger partial charge in [0.1, 0.15) is 24.2 Å². The molecule has 1 fully saturated rings. The Morgan fingerprint density at radius 1 is 0.754 bits per heavy atom. The third kappa shape index (κ3) is 19.9. The Kier molecular flexibility index (Phi) is 23.9. The lowest BCUT2D eigenvalue weighted by atomic mass is 10.0. The molecule has 0 bridgehead atoms. The normalized spacial score (nSPS) is 16.0. The molecule has 1 saturated heterocycles. The number of carbonyl (C=O) groups excluding carboxylic acids is 7. The third-order valence-corrected chi connectivity index (χ3v) is 14.2. The Bertz CT molecular complexity index is 1860. The van der Waals surface area contributed by atoms with Crippen LogP contribution >= 0.6 is 38.4 Å². The molecule has 5 atom stereocenters. The van der Waals surface area contributed by atoms with Gasteiger partial charge < -0.3 is 67.0 Å². The van der Waals surface area contributed by atoms with Crippen molar-refractivity contribution in [1.29, 1.82) is 0 Å². The lowest BCUT2D eigenvalue weighted by molar-refractivity contribution is -0.140. The van der Waals surface area contributed by atoms with E-state index in [2.05, 4.69) is 26.6 Å². The van der Waals surface area contributed by atoms with Gasteiger partial charge >= 0.3 is 15.2 Å². The van der Waals surface area contributed by atoms with Gasteiger partial charge in [-0.2, -0.15) is 0 Å². The number of carbonyl (C=O) groups is 7. The summed E-state index contributed by atoms with van der Waals surface area (Å²) in [6, 6.07) is 2.25. The van der Waals surface area contributed by atoms with E-state index in [4.69, 9.17) is 28.9 Å². The van der Waals surface area contributed by atoms with Crippen molar-refractivity contribution < 1.29 is 62.3 Å². The van der Waals surface area contributed by atoms with Crippen molar-refractivity contribution in [1.82, 2.24) is 36.8 Å². The average Bonchev–Trinajstić information content (AvgIpc) is 3.70. The second-order valence-electron chi connectivity index (χ2n) is 16.6. The molecule has 0 saturated carbocycles. The molecule has 0 radical (unpaired) electrons. The molecule has 1 heterocycles. The fraction of sp³-hybridized carbons (Fsp3) is 0.667. The highest BCUT2D eigenvalue weighted by Crippen LogP contribution is 2.59. The number of rotatable bonds is 27. The number of alkyl halides is 2. The molecule has 65 heavy (non-hydrogen) atoms. The summed E-state index contributed by atoms with van der Waals surface area (Å²) in [7, 11) is -10.6. The van der Waals surface area contributed by atoms with Crippen LogP contribution in [-0.4, -0.2) is 152 Å². The minimum absolute atomic E-state index is 0.0707. The summed E-state index contributed by atoms with van der Waals surface area (Å²) in [5, 5.41) is 11.8. The molecule has 22 nitrogen and oxygen atoms in total. The monoisotopic (exact) mass is 999 g/mol. The van der Waals surface area contributed by atoms with Crippen molar-refractivity contribution in [2.24, 2.45) is 17.6 Å². The van der Waals surface area contributed by atoms with Crippen molar-refractivity contribution in [2.75, 3.05) is 55.9 Å². The Hall–Kier alpha value is -3.85. The van der Waals surface area contributed by atoms with Gasteiger partial charge in [0, 0.05) is 43.6 Å². The number of halogens is 2. The maximum Gasteiger partial charge on any atom is 0.342 e. The highest BCUT2D eigenvalue weighted by molar-refractivity contribution is 7.70. The van der Waals surface area contributed by atoms with E-state index < -0.39 is 112 Å². The quantitative estimate of drug-likeness (QED) is 0.0388. The summed E-state index contributed by atoms with van der Waals surface area (Å²) in [5.41, 5.74) is 8.13. The lowest BCUT2D eigenvalue weighted by Crippen LogP contribution is -2.57. The fourth-order valence-electron chi connectivity index (χ4n) is 6.89. The summed E-state index contributed by atoms with van der Waals surface area (Å²) in [5.74, 6) is -4.41. The largest absolute Gasteiger partial charge is 0.369 e. The zero-order chi connectivity index (χ0) is 49.2. The number of likely N-dealkylation sites (tertiary alicyclic amines) is 1. The van der Waals surface area contributed by atoms with Crippen molar-refractivity contribution in [3.8, 4) is 0 Å². The number of anilines is 1. The van der Waals surface area contributed by atoms with E-state index in [1.165, 1.54) is 11.8 Å². The number of hydrogen-bond acceptors (Lipinski definition) is 11. The first kappa shape index (κ1) is 57.3. The van der Waals surface area contributed by atoms with Gasteiger partial charge in [-0.05, 0) is 68.6 Å². The highest BCUT2D eigenvalue weighted by atomic mass is 35.5. The molecule has 0 aromatic heterocycles. The van der Waals surface area contributed by atoms with Crippen molar-refractivity contribution in [3.05, 3.63) is 29.8 Å². The van der Waals surface area contributed by atoms with Gasteiger partial charge in [0.25, 0.3) is 0 Å². The second kappa shape index (κ2) is 27.1. The van der Waals surface area contributed by atoms with Crippen LogP contribution in [0.5, 0.6) is 0 Å². The number of hydrogen-bond donors (Lipinski definition) is 11. The van der Waals surface area contributed by atoms with Crippen LogP contribution in [0.3, 0.4) is 0 Å². The minimum Gasteiger partial charge on any atom is -0.369 e. The number of nitrogens with zero attached hydrogens (tertiary/aromatic N) is 2. The first-order valence-electron chi connectivity index (χ1n) is 21.1. The second-order valence-corrected chi connectivity index (χ2v) is 21.4. The first-order chi connectivity index (χ1) is 30.3. The Morgan fingerprint density at radius 3 is 1.80 bits per heavy atom. The summed E-state index contributed by atoms with van der Waals surface area (Å²) in [4.78, 5) is 132. The maximum absolute atomic E-state index is 13.7. The van der Waals surface area contributed by atoms with Crippen LogP contribution in [0.25, 0.3) is 0 Å². The first-order valence-corrected chi connectivity index (χ1v) is 25.6. The standard InChI is InChI=1S/C39H65Cl2N9O13P2/c1-23(2)17-29(48-38(56)31-7-6-14-50(31)39(57)28(42)19-26-8-10-27(11-9-26)49(15-12-40)16-13-41)36(54)45-21-33(52)47-30(18-24(3)4)37(55)46-25(5)35(53)44-20-32(51)43-22-34(64(58,59)60)65(61,62)63/h8-11,23-25,28-31,34H,6-7,12-22,42H2,1-5H3,(H,43,51)(H,44,53)(H,45,54)(H,46,55)(H,47,52)(H,48,56)(H2,58,59,60)(H2,61,62,63)/t25-,28?,29-,30-,31-/m0/s1. The van der Waals surface area contributed by atoms with Crippen molar-refractivity contribution in [3.63, 3.8) is 0 Å². The van der Waals surface area contributed by atoms with E-state index in [1.54, 1.807) is 13.8 Å². The van der Waals surface area contributed by atoms with Gasteiger partial charge in [0.05, 0.1) is 19.1 Å². The van der Waals surface area contributed by atoms with Gasteiger partial charge in [-0.3, -0.25) is 42.7 Å². The van der Waals surface area contributed by atoms with Crippen molar-refractivity contribution in [2.45, 2.75) is 102 Å². The Morgan fingerprint density at radius 2 is 1.28 bits per heavy atom. The topological polar surface area (TPSA) is 339 Å². The lowest BCUT2D eigenvalue weighted by Gasteiger charge is -2.29. The van der Waals surface area contributed by atoms with Crippen LogP contribution in [0.15, 0.2) is 24.3 Å². The smallest absolute Gasteiger partial charge is 0.342 e. The Labute approximate surface area is 388 Å². The van der Waals surface area contributed by atoms with Crippen LogP contribution in [0.2, 0.25) is 0 Å². The van der Waals surface area contributed by atoms with Crippen molar-refractivity contribution >= 4 is 85.4 Å². The van der Waals surface area contributed by atoms with Gasteiger partial charge in [0.2, 0.25) is 41.4 Å². The van der Waals surface area contributed by atoms with E-state index in [0.717, 1.165) is 11.3 Å². The third-order valence-electron chi connectivity index (χ3n) is 10.2. The SMILES string of the molecule is CC(C)C[C@H](NC(=O)CNC(=O)[C@H](CC(C)C)NC(=O)[C@@H]1CCCN1C(=O)C(N)Cc1ccc(N(CCCl)CCCl)cc1)C(=O)N[C@@H](C)C(=O)NCC(=O)NCC(P(=O)(O)O)P(=O)(O)O. The molecule has 368 valence electrons. The number of amides is 7. The Balaban J connectivity index is 1.98.